The normalized spacial score (nSPS) is 28.4. The average Bonchev–Trinajstić information content (AvgIpc) is 2.63. The van der Waals surface area contributed by atoms with E-state index in [0.717, 1.165) is 45.1 Å². The lowest BCUT2D eigenvalue weighted by Gasteiger charge is -2.43. The van der Waals surface area contributed by atoms with Crippen LogP contribution in [-0.2, 0) is 9.59 Å². The molecule has 0 spiro atoms. The Labute approximate surface area is 155 Å². The van der Waals surface area contributed by atoms with Crippen LogP contribution in [0.15, 0.2) is 30.3 Å². The third-order valence-electron chi connectivity index (χ3n) is 6.09. The minimum atomic E-state index is -0.783. The van der Waals surface area contributed by atoms with E-state index in [0.29, 0.717) is 5.92 Å². The van der Waals surface area contributed by atoms with Gasteiger partial charge in [0.25, 0.3) is 0 Å². The molecule has 0 aliphatic heterocycles. The minimum Gasteiger partial charge on any atom is -0.480 e. The molecule has 5 nitrogen and oxygen atoms in total. The van der Waals surface area contributed by atoms with Gasteiger partial charge in [0.1, 0.15) is 0 Å². The van der Waals surface area contributed by atoms with Crippen molar-refractivity contribution < 1.29 is 14.7 Å². The van der Waals surface area contributed by atoms with Gasteiger partial charge in [-0.25, -0.2) is 0 Å². The Hall–Kier alpha value is -1.88. The summed E-state index contributed by atoms with van der Waals surface area (Å²) in [7, 11) is 0. The first-order valence-electron chi connectivity index (χ1n) is 9.88. The van der Waals surface area contributed by atoms with Crippen LogP contribution in [-0.4, -0.2) is 47.1 Å². The molecule has 2 aliphatic carbocycles. The lowest BCUT2D eigenvalue weighted by Crippen LogP contribution is -2.55. The molecule has 5 heteroatoms. The maximum atomic E-state index is 12.5. The molecule has 142 valence electrons. The fourth-order valence-electron chi connectivity index (χ4n) is 4.41. The molecule has 26 heavy (non-hydrogen) atoms. The van der Waals surface area contributed by atoms with Gasteiger partial charge >= 0.3 is 5.97 Å². The fraction of sp³-hybridized carbons (Fsp3) is 0.619. The monoisotopic (exact) mass is 358 g/mol. The van der Waals surface area contributed by atoms with Crippen LogP contribution in [0.2, 0.25) is 0 Å². The Kier molecular flexibility index (Phi) is 6.30. The highest BCUT2D eigenvalue weighted by molar-refractivity contribution is 5.79. The van der Waals surface area contributed by atoms with E-state index in [4.69, 9.17) is 5.11 Å². The first kappa shape index (κ1) is 18.9. The van der Waals surface area contributed by atoms with Gasteiger partial charge in [0.05, 0.1) is 6.54 Å². The van der Waals surface area contributed by atoms with Crippen molar-refractivity contribution in [3.8, 4) is 0 Å². The zero-order valence-corrected chi connectivity index (χ0v) is 15.6. The van der Waals surface area contributed by atoms with Crippen molar-refractivity contribution in [3.05, 3.63) is 35.9 Å². The number of carbonyl (C=O) groups excluding carboxylic acids is 1. The number of rotatable bonds is 7. The van der Waals surface area contributed by atoms with E-state index in [1.807, 2.05) is 17.9 Å². The van der Waals surface area contributed by atoms with Crippen LogP contribution in [0.3, 0.4) is 0 Å². The predicted molar refractivity (Wildman–Crippen MR) is 101 cm³/mol. The molecule has 2 saturated carbocycles. The summed E-state index contributed by atoms with van der Waals surface area (Å²) in [5, 5.41) is 12.1. The summed E-state index contributed by atoms with van der Waals surface area (Å²) in [5.74, 6) is 0.133. The molecule has 0 aromatic heterocycles. The summed E-state index contributed by atoms with van der Waals surface area (Å²) in [5.41, 5.74) is 1.39. The molecular formula is C21H30N2O3. The molecule has 1 aromatic carbocycles. The molecule has 0 radical (unpaired) electrons. The maximum Gasteiger partial charge on any atom is 0.317 e. The van der Waals surface area contributed by atoms with Crippen molar-refractivity contribution in [3.63, 3.8) is 0 Å². The highest BCUT2D eigenvalue weighted by Gasteiger charge is 2.36. The first-order valence-corrected chi connectivity index (χ1v) is 9.88. The van der Waals surface area contributed by atoms with E-state index in [-0.39, 0.29) is 30.5 Å². The SMILES string of the molecule is CCN(CC(=O)O)C1CC(NC(=O)C2CCC(c3ccccc3)CC2)C1. The van der Waals surface area contributed by atoms with Gasteiger partial charge in [-0.05, 0) is 56.6 Å². The summed E-state index contributed by atoms with van der Waals surface area (Å²) in [6.45, 7) is 2.81. The zero-order chi connectivity index (χ0) is 18.5. The summed E-state index contributed by atoms with van der Waals surface area (Å²) < 4.78 is 0. The number of carboxylic acid groups (broad SMARTS) is 1. The van der Waals surface area contributed by atoms with Crippen molar-refractivity contribution in [1.29, 1.82) is 0 Å². The van der Waals surface area contributed by atoms with E-state index < -0.39 is 5.97 Å². The van der Waals surface area contributed by atoms with Gasteiger partial charge in [0, 0.05) is 18.0 Å². The lowest BCUT2D eigenvalue weighted by atomic mass is 9.78. The van der Waals surface area contributed by atoms with E-state index in [1.165, 1.54) is 5.56 Å². The molecule has 2 fully saturated rings. The number of carbonyl (C=O) groups is 2. The Balaban J connectivity index is 1.40. The van der Waals surface area contributed by atoms with E-state index in [1.54, 1.807) is 0 Å². The van der Waals surface area contributed by atoms with E-state index >= 15 is 0 Å². The Morgan fingerprint density at radius 2 is 1.77 bits per heavy atom. The summed E-state index contributed by atoms with van der Waals surface area (Å²) in [4.78, 5) is 25.4. The van der Waals surface area contributed by atoms with Gasteiger partial charge in [-0.15, -0.1) is 0 Å². The largest absolute Gasteiger partial charge is 0.480 e. The maximum absolute atomic E-state index is 12.5. The van der Waals surface area contributed by atoms with Crippen molar-refractivity contribution in [2.45, 2.75) is 63.5 Å². The molecule has 0 bridgehead atoms. The molecule has 0 heterocycles. The van der Waals surface area contributed by atoms with Gasteiger partial charge in [-0.3, -0.25) is 14.5 Å². The Morgan fingerprint density at radius 3 is 2.35 bits per heavy atom. The zero-order valence-electron chi connectivity index (χ0n) is 15.6. The van der Waals surface area contributed by atoms with Crippen LogP contribution in [0.4, 0.5) is 0 Å². The Bertz CT molecular complexity index is 605. The van der Waals surface area contributed by atoms with E-state index in [2.05, 4.69) is 29.6 Å². The van der Waals surface area contributed by atoms with E-state index in [9.17, 15) is 9.59 Å². The lowest BCUT2D eigenvalue weighted by molar-refractivity contribution is -0.140. The van der Waals surface area contributed by atoms with Gasteiger partial charge in [-0.1, -0.05) is 37.3 Å². The number of carboxylic acids is 1. The van der Waals surface area contributed by atoms with Gasteiger partial charge in [-0.2, -0.15) is 0 Å². The van der Waals surface area contributed by atoms with Crippen LogP contribution in [0.5, 0.6) is 0 Å². The van der Waals surface area contributed by atoms with Crippen LogP contribution in [0, 0.1) is 5.92 Å². The van der Waals surface area contributed by atoms with Crippen LogP contribution in [0.1, 0.15) is 56.9 Å². The third kappa shape index (κ3) is 4.64. The minimum absolute atomic E-state index is 0.0886. The van der Waals surface area contributed by atoms with Crippen molar-refractivity contribution in [2.75, 3.05) is 13.1 Å². The first-order chi connectivity index (χ1) is 12.6. The second-order valence-corrected chi connectivity index (χ2v) is 7.75. The molecule has 1 amide bonds. The molecule has 2 aliphatic rings. The number of aliphatic carboxylic acids is 1. The number of amides is 1. The van der Waals surface area contributed by atoms with Crippen molar-refractivity contribution in [1.82, 2.24) is 10.2 Å². The standard InChI is InChI=1S/C21H30N2O3/c1-2-23(14-20(24)25)19-12-18(13-19)22-21(26)17-10-8-16(9-11-17)15-6-4-3-5-7-15/h3-7,16-19H,2,8-14H2,1H3,(H,22,26)(H,24,25). The molecule has 2 N–H and O–H groups in total. The number of benzene rings is 1. The smallest absolute Gasteiger partial charge is 0.317 e. The second kappa shape index (κ2) is 8.67. The van der Waals surface area contributed by atoms with Crippen molar-refractivity contribution >= 4 is 11.9 Å². The molecule has 0 unspecified atom stereocenters. The Morgan fingerprint density at radius 1 is 1.12 bits per heavy atom. The van der Waals surface area contributed by atoms with Gasteiger partial charge in [0.2, 0.25) is 5.91 Å². The topological polar surface area (TPSA) is 69.6 Å². The summed E-state index contributed by atoms with van der Waals surface area (Å²) >= 11 is 0. The molecular weight excluding hydrogens is 328 g/mol. The summed E-state index contributed by atoms with van der Waals surface area (Å²) in [6, 6.07) is 11.1. The number of nitrogens with zero attached hydrogens (tertiary/aromatic N) is 1. The predicted octanol–water partition coefficient (Wildman–Crippen LogP) is 3.01. The molecule has 0 atom stereocenters. The second-order valence-electron chi connectivity index (χ2n) is 7.75. The number of nitrogens with one attached hydrogen (secondary N) is 1. The quantitative estimate of drug-likeness (QED) is 0.786. The summed E-state index contributed by atoms with van der Waals surface area (Å²) in [6.07, 6.45) is 5.82. The molecule has 1 aromatic rings. The van der Waals surface area contributed by atoms with Crippen LogP contribution >= 0.6 is 0 Å². The highest BCUT2D eigenvalue weighted by atomic mass is 16.4. The number of hydrogen-bond acceptors (Lipinski definition) is 3. The average molecular weight is 358 g/mol. The van der Waals surface area contributed by atoms with Crippen LogP contribution in [0.25, 0.3) is 0 Å². The number of likely N-dealkylation sites (N-methyl/N-ethyl adjacent to an activating group) is 1. The number of hydrogen-bond donors (Lipinski definition) is 2. The third-order valence-corrected chi connectivity index (χ3v) is 6.09. The fourth-order valence-corrected chi connectivity index (χ4v) is 4.41. The van der Waals surface area contributed by atoms with Crippen LogP contribution < -0.4 is 5.32 Å². The molecule has 0 saturated heterocycles. The van der Waals surface area contributed by atoms with Crippen molar-refractivity contribution in [2.24, 2.45) is 5.92 Å². The highest BCUT2D eigenvalue weighted by Crippen LogP contribution is 2.36. The van der Waals surface area contributed by atoms with Gasteiger partial charge in [0.15, 0.2) is 0 Å². The van der Waals surface area contributed by atoms with Gasteiger partial charge < -0.3 is 10.4 Å². The molecule has 3 rings (SSSR count).